The van der Waals surface area contributed by atoms with Gasteiger partial charge in [0.2, 0.25) is 0 Å². The lowest BCUT2D eigenvalue weighted by Crippen LogP contribution is -2.36. The fourth-order valence-corrected chi connectivity index (χ4v) is 2.88. The van der Waals surface area contributed by atoms with Crippen LogP contribution in [0.2, 0.25) is 5.02 Å². The van der Waals surface area contributed by atoms with Crippen LogP contribution in [0.4, 0.5) is 0 Å². The van der Waals surface area contributed by atoms with Crippen molar-refractivity contribution < 1.29 is 19.0 Å². The van der Waals surface area contributed by atoms with E-state index in [4.69, 9.17) is 25.8 Å². The first kappa shape index (κ1) is 18.4. The summed E-state index contributed by atoms with van der Waals surface area (Å²) >= 11 is 5.87. The molecule has 5 nitrogen and oxygen atoms in total. The van der Waals surface area contributed by atoms with Crippen molar-refractivity contribution in [3.05, 3.63) is 53.1 Å². The van der Waals surface area contributed by atoms with E-state index >= 15 is 0 Å². The standard InChI is InChI=1S/C20H22ClNO4/c1-24-18-9-10-19(25-2)14(11-18)12-22(16-5-6-16)20(23)13-26-17-7-3-15(21)4-8-17/h3-4,7-11,16H,5-6,12-13H2,1-2H3. The summed E-state index contributed by atoms with van der Waals surface area (Å²) in [7, 11) is 3.24. The molecule has 0 aromatic heterocycles. The van der Waals surface area contributed by atoms with Crippen LogP contribution in [0, 0.1) is 0 Å². The van der Waals surface area contributed by atoms with Gasteiger partial charge >= 0.3 is 0 Å². The Labute approximate surface area is 158 Å². The van der Waals surface area contributed by atoms with Crippen molar-refractivity contribution in [2.24, 2.45) is 0 Å². The molecule has 0 spiro atoms. The Morgan fingerprint density at radius 1 is 1.08 bits per heavy atom. The smallest absolute Gasteiger partial charge is 0.261 e. The maximum atomic E-state index is 12.7. The van der Waals surface area contributed by atoms with Crippen LogP contribution in [-0.2, 0) is 11.3 Å². The van der Waals surface area contributed by atoms with Crippen LogP contribution in [0.5, 0.6) is 17.2 Å². The number of nitrogens with zero attached hydrogens (tertiary/aromatic N) is 1. The van der Waals surface area contributed by atoms with Crippen LogP contribution >= 0.6 is 11.6 Å². The molecule has 0 saturated heterocycles. The number of benzene rings is 2. The van der Waals surface area contributed by atoms with E-state index in [1.165, 1.54) is 0 Å². The van der Waals surface area contributed by atoms with E-state index in [-0.39, 0.29) is 18.6 Å². The molecule has 0 bridgehead atoms. The summed E-state index contributed by atoms with van der Waals surface area (Å²) in [5.41, 5.74) is 0.915. The number of halogens is 1. The second-order valence-electron chi connectivity index (χ2n) is 6.17. The molecule has 1 saturated carbocycles. The quantitative estimate of drug-likeness (QED) is 0.701. The lowest BCUT2D eigenvalue weighted by Gasteiger charge is -2.24. The summed E-state index contributed by atoms with van der Waals surface area (Å²) in [4.78, 5) is 14.6. The van der Waals surface area contributed by atoms with Crippen molar-refractivity contribution >= 4 is 17.5 Å². The van der Waals surface area contributed by atoms with Gasteiger partial charge in [-0.3, -0.25) is 4.79 Å². The lowest BCUT2D eigenvalue weighted by molar-refractivity contribution is -0.134. The Kier molecular flexibility index (Phi) is 5.89. The van der Waals surface area contributed by atoms with Crippen LogP contribution in [0.15, 0.2) is 42.5 Å². The number of hydrogen-bond acceptors (Lipinski definition) is 4. The summed E-state index contributed by atoms with van der Waals surface area (Å²) in [6.07, 6.45) is 2.03. The number of methoxy groups -OCH3 is 2. The molecule has 6 heteroatoms. The SMILES string of the molecule is COc1ccc(OC)c(CN(C(=O)COc2ccc(Cl)cc2)C2CC2)c1. The molecule has 1 aliphatic rings. The zero-order valence-electron chi connectivity index (χ0n) is 14.9. The number of rotatable bonds is 8. The van der Waals surface area contributed by atoms with E-state index in [0.717, 1.165) is 29.9 Å². The highest BCUT2D eigenvalue weighted by Gasteiger charge is 2.33. The predicted octanol–water partition coefficient (Wildman–Crippen LogP) is 3.93. The van der Waals surface area contributed by atoms with Crippen LogP contribution in [0.1, 0.15) is 18.4 Å². The summed E-state index contributed by atoms with van der Waals surface area (Å²) in [5.74, 6) is 2.05. The molecule has 0 aliphatic heterocycles. The highest BCUT2D eigenvalue weighted by atomic mass is 35.5. The number of hydrogen-bond donors (Lipinski definition) is 0. The minimum Gasteiger partial charge on any atom is -0.497 e. The number of ether oxygens (including phenoxy) is 3. The third-order valence-electron chi connectivity index (χ3n) is 4.31. The molecule has 2 aromatic rings. The van der Waals surface area contributed by atoms with E-state index in [0.29, 0.717) is 17.3 Å². The van der Waals surface area contributed by atoms with E-state index in [1.807, 2.05) is 23.1 Å². The van der Waals surface area contributed by atoms with Crippen molar-refractivity contribution in [2.75, 3.05) is 20.8 Å². The van der Waals surface area contributed by atoms with Gasteiger partial charge in [0.25, 0.3) is 5.91 Å². The molecular weight excluding hydrogens is 354 g/mol. The summed E-state index contributed by atoms with van der Waals surface area (Å²) in [6, 6.07) is 12.8. The van der Waals surface area contributed by atoms with Gasteiger partial charge in [0.05, 0.1) is 14.2 Å². The topological polar surface area (TPSA) is 48.0 Å². The largest absolute Gasteiger partial charge is 0.497 e. The molecular formula is C20H22ClNO4. The first-order valence-corrected chi connectivity index (χ1v) is 8.87. The van der Waals surface area contributed by atoms with Gasteiger partial charge in [0, 0.05) is 23.2 Å². The van der Waals surface area contributed by atoms with E-state index < -0.39 is 0 Å². The first-order chi connectivity index (χ1) is 12.6. The molecule has 26 heavy (non-hydrogen) atoms. The summed E-state index contributed by atoms with van der Waals surface area (Å²) in [6.45, 7) is 0.457. The lowest BCUT2D eigenvalue weighted by atomic mass is 10.1. The summed E-state index contributed by atoms with van der Waals surface area (Å²) < 4.78 is 16.3. The third kappa shape index (κ3) is 4.61. The molecule has 0 N–H and O–H groups in total. The van der Waals surface area contributed by atoms with Crippen molar-refractivity contribution in [3.63, 3.8) is 0 Å². The van der Waals surface area contributed by atoms with Gasteiger partial charge in [-0.15, -0.1) is 0 Å². The average molecular weight is 376 g/mol. The van der Waals surface area contributed by atoms with Crippen LogP contribution in [0.3, 0.4) is 0 Å². The zero-order valence-corrected chi connectivity index (χ0v) is 15.7. The van der Waals surface area contributed by atoms with Gasteiger partial charge in [0.1, 0.15) is 17.2 Å². The van der Waals surface area contributed by atoms with Crippen molar-refractivity contribution in [3.8, 4) is 17.2 Å². The first-order valence-electron chi connectivity index (χ1n) is 8.49. The summed E-state index contributed by atoms with van der Waals surface area (Å²) in [5, 5.41) is 0.633. The molecule has 1 amide bonds. The molecule has 1 aliphatic carbocycles. The van der Waals surface area contributed by atoms with Gasteiger partial charge in [-0.2, -0.15) is 0 Å². The Bertz CT molecular complexity index is 759. The minimum atomic E-state index is -0.0488. The Hall–Kier alpha value is -2.40. The number of amides is 1. The van der Waals surface area contributed by atoms with Crippen molar-refractivity contribution in [2.45, 2.75) is 25.4 Å². The third-order valence-corrected chi connectivity index (χ3v) is 4.56. The van der Waals surface area contributed by atoms with Crippen LogP contribution in [-0.4, -0.2) is 37.7 Å². The molecule has 1 fully saturated rings. The molecule has 138 valence electrons. The van der Waals surface area contributed by atoms with Crippen LogP contribution < -0.4 is 14.2 Å². The number of carbonyl (C=O) groups excluding carboxylic acids is 1. The zero-order chi connectivity index (χ0) is 18.5. The van der Waals surface area contributed by atoms with Gasteiger partial charge in [-0.05, 0) is 55.3 Å². The highest BCUT2D eigenvalue weighted by Crippen LogP contribution is 2.32. The predicted molar refractivity (Wildman–Crippen MR) is 100 cm³/mol. The van der Waals surface area contributed by atoms with Crippen molar-refractivity contribution in [1.29, 1.82) is 0 Å². The van der Waals surface area contributed by atoms with Gasteiger partial charge in [-0.25, -0.2) is 0 Å². The maximum Gasteiger partial charge on any atom is 0.261 e. The fourth-order valence-electron chi connectivity index (χ4n) is 2.75. The molecule has 0 atom stereocenters. The van der Waals surface area contributed by atoms with E-state index in [2.05, 4.69) is 0 Å². The van der Waals surface area contributed by atoms with E-state index in [9.17, 15) is 4.79 Å². The molecule has 2 aromatic carbocycles. The normalized spacial score (nSPS) is 13.2. The molecule has 0 radical (unpaired) electrons. The maximum absolute atomic E-state index is 12.7. The second kappa shape index (κ2) is 8.32. The van der Waals surface area contributed by atoms with E-state index in [1.54, 1.807) is 38.5 Å². The van der Waals surface area contributed by atoms with Gasteiger partial charge in [0.15, 0.2) is 6.61 Å². The monoisotopic (exact) mass is 375 g/mol. The fraction of sp³-hybridized carbons (Fsp3) is 0.350. The average Bonchev–Trinajstić information content (AvgIpc) is 3.50. The molecule has 0 unspecified atom stereocenters. The molecule has 3 rings (SSSR count). The highest BCUT2D eigenvalue weighted by molar-refractivity contribution is 6.30. The number of carbonyl (C=O) groups is 1. The Morgan fingerprint density at radius 2 is 1.77 bits per heavy atom. The van der Waals surface area contributed by atoms with Gasteiger partial charge in [-0.1, -0.05) is 11.6 Å². The Balaban J connectivity index is 1.69. The van der Waals surface area contributed by atoms with Crippen LogP contribution in [0.25, 0.3) is 0 Å². The second-order valence-corrected chi connectivity index (χ2v) is 6.61. The van der Waals surface area contributed by atoms with Crippen molar-refractivity contribution in [1.82, 2.24) is 4.90 Å². The minimum absolute atomic E-state index is 0.00951. The Morgan fingerprint density at radius 3 is 2.38 bits per heavy atom. The molecule has 0 heterocycles. The van der Waals surface area contributed by atoms with Gasteiger partial charge < -0.3 is 19.1 Å².